The highest BCUT2D eigenvalue weighted by Gasteiger charge is 2.15. The minimum Gasteiger partial charge on any atom is -0.492 e. The van der Waals surface area contributed by atoms with Crippen molar-refractivity contribution in [2.45, 2.75) is 39.8 Å². The van der Waals surface area contributed by atoms with Crippen molar-refractivity contribution in [2.75, 3.05) is 11.9 Å². The lowest BCUT2D eigenvalue weighted by molar-refractivity contribution is 0.341. The van der Waals surface area contributed by atoms with E-state index < -0.39 is 0 Å². The molecule has 0 spiro atoms. The standard InChI is InChI=1S/C15H21ClN4O/c1-5-21-14-7-6-11(16)8-13(14)17-9-12-10-20(19-18-12)15(2,3)4/h6-8,10,17H,5,9H2,1-4H3. The summed E-state index contributed by atoms with van der Waals surface area (Å²) in [4.78, 5) is 0. The molecule has 0 saturated carbocycles. The Morgan fingerprint density at radius 3 is 2.71 bits per heavy atom. The van der Waals surface area contributed by atoms with E-state index in [2.05, 4.69) is 36.4 Å². The van der Waals surface area contributed by atoms with Gasteiger partial charge in [0, 0.05) is 5.02 Å². The molecule has 6 heteroatoms. The Morgan fingerprint density at radius 2 is 2.10 bits per heavy atom. The summed E-state index contributed by atoms with van der Waals surface area (Å²) in [5.41, 5.74) is 1.65. The Kier molecular flexibility index (Phi) is 4.73. The van der Waals surface area contributed by atoms with Crippen molar-refractivity contribution in [3.05, 3.63) is 35.1 Å². The van der Waals surface area contributed by atoms with Gasteiger partial charge in [-0.3, -0.25) is 0 Å². The van der Waals surface area contributed by atoms with Crippen molar-refractivity contribution in [1.29, 1.82) is 0 Å². The fourth-order valence-electron chi connectivity index (χ4n) is 1.81. The van der Waals surface area contributed by atoms with E-state index in [0.29, 0.717) is 18.2 Å². The zero-order valence-corrected chi connectivity index (χ0v) is 13.6. The highest BCUT2D eigenvalue weighted by atomic mass is 35.5. The minimum absolute atomic E-state index is 0.0716. The van der Waals surface area contributed by atoms with Gasteiger partial charge in [-0.1, -0.05) is 16.8 Å². The number of anilines is 1. The van der Waals surface area contributed by atoms with Crippen LogP contribution in [-0.2, 0) is 12.1 Å². The van der Waals surface area contributed by atoms with Gasteiger partial charge < -0.3 is 10.1 Å². The summed E-state index contributed by atoms with van der Waals surface area (Å²) < 4.78 is 7.43. The van der Waals surface area contributed by atoms with E-state index in [9.17, 15) is 0 Å². The molecule has 0 amide bonds. The molecular weight excluding hydrogens is 288 g/mol. The number of rotatable bonds is 5. The first-order valence-corrected chi connectivity index (χ1v) is 7.36. The van der Waals surface area contributed by atoms with E-state index in [1.807, 2.05) is 36.0 Å². The van der Waals surface area contributed by atoms with E-state index in [4.69, 9.17) is 16.3 Å². The maximum Gasteiger partial charge on any atom is 0.142 e. The van der Waals surface area contributed by atoms with Gasteiger partial charge in [0.1, 0.15) is 11.4 Å². The quantitative estimate of drug-likeness (QED) is 0.915. The van der Waals surface area contributed by atoms with Gasteiger partial charge in [-0.05, 0) is 45.9 Å². The lowest BCUT2D eigenvalue weighted by atomic mass is 10.1. The molecule has 2 rings (SSSR count). The van der Waals surface area contributed by atoms with Crippen LogP contribution in [0.4, 0.5) is 5.69 Å². The second-order valence-electron chi connectivity index (χ2n) is 5.75. The van der Waals surface area contributed by atoms with Crippen LogP contribution in [0.2, 0.25) is 5.02 Å². The molecule has 5 nitrogen and oxygen atoms in total. The van der Waals surface area contributed by atoms with Gasteiger partial charge in [-0.15, -0.1) is 5.10 Å². The number of aromatic nitrogens is 3. The fourth-order valence-corrected chi connectivity index (χ4v) is 1.99. The third kappa shape index (κ3) is 4.11. The van der Waals surface area contributed by atoms with Crippen LogP contribution in [0, 0.1) is 0 Å². The number of nitrogens with zero attached hydrogens (tertiary/aromatic N) is 3. The van der Waals surface area contributed by atoms with E-state index in [-0.39, 0.29) is 5.54 Å². The van der Waals surface area contributed by atoms with Crippen LogP contribution >= 0.6 is 11.6 Å². The van der Waals surface area contributed by atoms with Crippen LogP contribution in [0.15, 0.2) is 24.4 Å². The molecule has 0 bridgehead atoms. The van der Waals surface area contributed by atoms with Gasteiger partial charge in [0.05, 0.1) is 30.6 Å². The third-order valence-electron chi connectivity index (χ3n) is 2.93. The number of hydrogen-bond acceptors (Lipinski definition) is 4. The Bertz CT molecular complexity index is 604. The zero-order chi connectivity index (χ0) is 15.5. The van der Waals surface area contributed by atoms with Crippen LogP contribution in [-0.4, -0.2) is 21.6 Å². The van der Waals surface area contributed by atoms with Gasteiger partial charge in [0.2, 0.25) is 0 Å². The second kappa shape index (κ2) is 6.35. The summed E-state index contributed by atoms with van der Waals surface area (Å²) in [6, 6.07) is 5.52. The van der Waals surface area contributed by atoms with Crippen molar-refractivity contribution in [3.8, 4) is 5.75 Å². The molecule has 0 fully saturated rings. The predicted molar refractivity (Wildman–Crippen MR) is 85.0 cm³/mol. The van der Waals surface area contributed by atoms with Gasteiger partial charge >= 0.3 is 0 Å². The van der Waals surface area contributed by atoms with Crippen molar-refractivity contribution in [2.24, 2.45) is 0 Å². The Hall–Kier alpha value is -1.75. The summed E-state index contributed by atoms with van der Waals surface area (Å²) in [6.07, 6.45) is 1.94. The normalized spacial score (nSPS) is 11.5. The minimum atomic E-state index is -0.0716. The molecule has 2 aromatic rings. The third-order valence-corrected chi connectivity index (χ3v) is 3.16. The molecule has 0 aliphatic rings. The van der Waals surface area contributed by atoms with Crippen molar-refractivity contribution >= 4 is 17.3 Å². The first-order valence-electron chi connectivity index (χ1n) is 6.98. The first kappa shape index (κ1) is 15.6. The molecular formula is C15H21ClN4O. The smallest absolute Gasteiger partial charge is 0.142 e. The summed E-state index contributed by atoms with van der Waals surface area (Å²) >= 11 is 6.04. The van der Waals surface area contributed by atoms with Gasteiger partial charge in [-0.2, -0.15) is 0 Å². The second-order valence-corrected chi connectivity index (χ2v) is 6.19. The Balaban J connectivity index is 2.09. The van der Waals surface area contributed by atoms with Crippen LogP contribution in [0.1, 0.15) is 33.4 Å². The number of ether oxygens (including phenoxy) is 1. The molecule has 0 aliphatic carbocycles. The summed E-state index contributed by atoms with van der Waals surface area (Å²) in [5, 5.41) is 12.3. The molecule has 1 heterocycles. The summed E-state index contributed by atoms with van der Waals surface area (Å²) in [7, 11) is 0. The number of hydrogen-bond donors (Lipinski definition) is 1. The predicted octanol–water partition coefficient (Wildman–Crippen LogP) is 3.70. The molecule has 0 aliphatic heterocycles. The molecule has 21 heavy (non-hydrogen) atoms. The van der Waals surface area contributed by atoms with Crippen LogP contribution < -0.4 is 10.1 Å². The molecule has 0 saturated heterocycles. The lowest BCUT2D eigenvalue weighted by Gasteiger charge is -2.17. The molecule has 0 atom stereocenters. The van der Waals surface area contributed by atoms with E-state index >= 15 is 0 Å². The Labute approximate surface area is 130 Å². The molecule has 1 aromatic carbocycles. The summed E-state index contributed by atoms with van der Waals surface area (Å²) in [5.74, 6) is 0.783. The largest absolute Gasteiger partial charge is 0.492 e. The molecule has 0 unspecified atom stereocenters. The number of halogens is 1. The van der Waals surface area contributed by atoms with Crippen molar-refractivity contribution < 1.29 is 4.74 Å². The average Bonchev–Trinajstić information content (AvgIpc) is 2.88. The average molecular weight is 309 g/mol. The van der Waals surface area contributed by atoms with Crippen LogP contribution in [0.25, 0.3) is 0 Å². The molecule has 1 aromatic heterocycles. The fraction of sp³-hybridized carbons (Fsp3) is 0.467. The summed E-state index contributed by atoms with van der Waals surface area (Å²) in [6.45, 7) is 9.38. The SMILES string of the molecule is CCOc1ccc(Cl)cc1NCc1cn(C(C)(C)C)nn1. The van der Waals surface area contributed by atoms with Crippen molar-refractivity contribution in [1.82, 2.24) is 15.0 Å². The molecule has 1 N–H and O–H groups in total. The van der Waals surface area contributed by atoms with Gasteiger partial charge in [0.15, 0.2) is 0 Å². The monoisotopic (exact) mass is 308 g/mol. The van der Waals surface area contributed by atoms with Crippen LogP contribution in [0.5, 0.6) is 5.75 Å². The highest BCUT2D eigenvalue weighted by molar-refractivity contribution is 6.30. The van der Waals surface area contributed by atoms with E-state index in [0.717, 1.165) is 17.1 Å². The number of benzene rings is 1. The van der Waals surface area contributed by atoms with E-state index in [1.165, 1.54) is 0 Å². The highest BCUT2D eigenvalue weighted by Crippen LogP contribution is 2.28. The zero-order valence-electron chi connectivity index (χ0n) is 12.9. The maximum atomic E-state index is 6.04. The lowest BCUT2D eigenvalue weighted by Crippen LogP contribution is -2.22. The Morgan fingerprint density at radius 1 is 1.33 bits per heavy atom. The first-order chi connectivity index (χ1) is 9.90. The van der Waals surface area contributed by atoms with Gasteiger partial charge in [-0.25, -0.2) is 4.68 Å². The van der Waals surface area contributed by atoms with Crippen molar-refractivity contribution in [3.63, 3.8) is 0 Å². The molecule has 0 radical (unpaired) electrons. The van der Waals surface area contributed by atoms with Crippen LogP contribution in [0.3, 0.4) is 0 Å². The molecule has 114 valence electrons. The topological polar surface area (TPSA) is 52.0 Å². The van der Waals surface area contributed by atoms with E-state index in [1.54, 1.807) is 0 Å². The maximum absolute atomic E-state index is 6.04. The van der Waals surface area contributed by atoms with Gasteiger partial charge in [0.25, 0.3) is 0 Å². The number of nitrogens with one attached hydrogen (secondary N) is 1.